The lowest BCUT2D eigenvalue weighted by Crippen LogP contribution is -2.30. The van der Waals surface area contributed by atoms with Gasteiger partial charge in [-0.2, -0.15) is 0 Å². The molecule has 7 heteroatoms. The molecule has 0 atom stereocenters. The number of hydrogen-bond donors (Lipinski definition) is 3. The number of carbonyl (C=O) groups excluding carboxylic acids is 3. The highest BCUT2D eigenvalue weighted by Crippen LogP contribution is 2.18. The Kier molecular flexibility index (Phi) is 6.32. The van der Waals surface area contributed by atoms with E-state index in [1.54, 1.807) is 24.3 Å². The minimum atomic E-state index is -0.883. The summed E-state index contributed by atoms with van der Waals surface area (Å²) in [6, 6.07) is 13.4. The molecule has 0 bridgehead atoms. The summed E-state index contributed by atoms with van der Waals surface area (Å²) in [4.78, 5) is 37.7. The summed E-state index contributed by atoms with van der Waals surface area (Å²) in [6.45, 7) is 5.88. The normalized spacial score (nSPS) is 10.1. The summed E-state index contributed by atoms with van der Waals surface area (Å²) in [5.74, 6) is -2.40. The Morgan fingerprint density at radius 2 is 1.46 bits per heavy atom. The van der Waals surface area contributed by atoms with Crippen molar-refractivity contribution >= 4 is 34.8 Å². The molecule has 3 amide bonds. The molecule has 0 aliphatic carbocycles. The highest BCUT2D eigenvalue weighted by Gasteiger charge is 2.17. The number of amides is 3. The highest BCUT2D eigenvalue weighted by molar-refractivity contribution is 6.44. The van der Waals surface area contributed by atoms with Crippen molar-refractivity contribution in [1.29, 1.82) is 0 Å². The van der Waals surface area contributed by atoms with Gasteiger partial charge in [-0.25, -0.2) is 0 Å². The van der Waals surface area contributed by atoms with E-state index in [0.717, 1.165) is 18.8 Å². The van der Waals surface area contributed by atoms with E-state index in [4.69, 9.17) is 5.73 Å². The van der Waals surface area contributed by atoms with Crippen LogP contribution in [0.15, 0.2) is 48.5 Å². The van der Waals surface area contributed by atoms with Crippen molar-refractivity contribution in [1.82, 2.24) is 0 Å². The van der Waals surface area contributed by atoms with Crippen LogP contribution in [0.2, 0.25) is 0 Å². The molecule has 136 valence electrons. The van der Waals surface area contributed by atoms with Crippen molar-refractivity contribution in [3.05, 3.63) is 54.1 Å². The molecule has 26 heavy (non-hydrogen) atoms. The molecule has 0 radical (unpaired) electrons. The van der Waals surface area contributed by atoms with Gasteiger partial charge < -0.3 is 21.3 Å². The average Bonchev–Trinajstić information content (AvgIpc) is 2.64. The van der Waals surface area contributed by atoms with Crippen LogP contribution in [-0.4, -0.2) is 30.8 Å². The zero-order valence-corrected chi connectivity index (χ0v) is 14.8. The monoisotopic (exact) mass is 354 g/mol. The first-order chi connectivity index (χ1) is 12.5. The molecular weight excluding hydrogens is 332 g/mol. The minimum Gasteiger partial charge on any atom is -0.372 e. The van der Waals surface area contributed by atoms with E-state index in [9.17, 15) is 14.4 Å². The number of nitrogens with two attached hydrogens (primary N) is 1. The zero-order valence-electron chi connectivity index (χ0n) is 14.8. The number of nitrogens with one attached hydrogen (secondary N) is 2. The Balaban J connectivity index is 2.04. The van der Waals surface area contributed by atoms with E-state index < -0.39 is 17.7 Å². The molecule has 0 fully saturated rings. The lowest BCUT2D eigenvalue weighted by molar-refractivity contribution is -0.133. The third kappa shape index (κ3) is 4.60. The highest BCUT2D eigenvalue weighted by atomic mass is 16.2. The quantitative estimate of drug-likeness (QED) is 0.692. The van der Waals surface area contributed by atoms with E-state index in [2.05, 4.69) is 29.4 Å². The standard InChI is InChI=1S/C19H22N4O3/c1-3-23(4-2)14-11-9-13(10-12-14)21-18(25)19(26)22-16-8-6-5-7-15(16)17(20)24/h5-12H,3-4H2,1-2H3,(H2,20,24)(H,21,25)(H,22,26). The summed E-state index contributed by atoms with van der Waals surface area (Å²) in [5, 5.41) is 4.93. The van der Waals surface area contributed by atoms with Crippen LogP contribution < -0.4 is 21.3 Å². The van der Waals surface area contributed by atoms with E-state index in [1.165, 1.54) is 12.1 Å². The van der Waals surface area contributed by atoms with Gasteiger partial charge in [0.2, 0.25) is 0 Å². The number of benzene rings is 2. The van der Waals surface area contributed by atoms with Gasteiger partial charge in [0, 0.05) is 24.5 Å². The van der Waals surface area contributed by atoms with Crippen LogP contribution in [0.4, 0.5) is 17.1 Å². The lowest BCUT2D eigenvalue weighted by Gasteiger charge is -2.21. The second kappa shape index (κ2) is 8.66. The van der Waals surface area contributed by atoms with Gasteiger partial charge in [0.1, 0.15) is 0 Å². The van der Waals surface area contributed by atoms with Crippen molar-refractivity contribution in [3.63, 3.8) is 0 Å². The van der Waals surface area contributed by atoms with Gasteiger partial charge in [0.05, 0.1) is 11.3 Å². The molecule has 2 aromatic carbocycles. The summed E-state index contributed by atoms with van der Waals surface area (Å²) >= 11 is 0. The number of hydrogen-bond acceptors (Lipinski definition) is 4. The van der Waals surface area contributed by atoms with E-state index in [-0.39, 0.29) is 11.3 Å². The Morgan fingerprint density at radius 1 is 0.885 bits per heavy atom. The number of para-hydroxylation sites is 1. The largest absolute Gasteiger partial charge is 0.372 e. The number of carbonyl (C=O) groups is 3. The van der Waals surface area contributed by atoms with Crippen molar-refractivity contribution < 1.29 is 14.4 Å². The molecular formula is C19H22N4O3. The molecule has 0 aromatic heterocycles. The maximum Gasteiger partial charge on any atom is 0.314 e. The fourth-order valence-corrected chi connectivity index (χ4v) is 2.52. The first kappa shape index (κ1) is 19.0. The smallest absolute Gasteiger partial charge is 0.314 e. The van der Waals surface area contributed by atoms with Crippen LogP contribution in [0, 0.1) is 0 Å². The topological polar surface area (TPSA) is 105 Å². The second-order valence-corrected chi connectivity index (χ2v) is 5.54. The van der Waals surface area contributed by atoms with Crippen molar-refractivity contribution in [2.45, 2.75) is 13.8 Å². The zero-order chi connectivity index (χ0) is 19.1. The summed E-state index contributed by atoms with van der Waals surface area (Å²) < 4.78 is 0. The molecule has 0 aliphatic rings. The van der Waals surface area contributed by atoms with Gasteiger partial charge in [-0.1, -0.05) is 12.1 Å². The van der Waals surface area contributed by atoms with Gasteiger partial charge >= 0.3 is 11.8 Å². The van der Waals surface area contributed by atoms with Gasteiger partial charge in [0.25, 0.3) is 5.91 Å². The Bertz CT molecular complexity index is 799. The second-order valence-electron chi connectivity index (χ2n) is 5.54. The number of rotatable bonds is 6. The number of anilines is 3. The Hall–Kier alpha value is -3.35. The van der Waals surface area contributed by atoms with Crippen LogP contribution in [0.1, 0.15) is 24.2 Å². The molecule has 4 N–H and O–H groups in total. The Morgan fingerprint density at radius 3 is 2.04 bits per heavy atom. The fraction of sp³-hybridized carbons (Fsp3) is 0.211. The number of nitrogens with zero attached hydrogens (tertiary/aromatic N) is 1. The first-order valence-corrected chi connectivity index (χ1v) is 8.32. The number of primary amides is 1. The summed E-state index contributed by atoms with van der Waals surface area (Å²) in [7, 11) is 0. The molecule has 0 heterocycles. The SMILES string of the molecule is CCN(CC)c1ccc(NC(=O)C(=O)Nc2ccccc2C(N)=O)cc1. The molecule has 0 aliphatic heterocycles. The third-order valence-electron chi connectivity index (χ3n) is 3.90. The van der Waals surface area contributed by atoms with E-state index in [0.29, 0.717) is 5.69 Å². The summed E-state index contributed by atoms with van der Waals surface area (Å²) in [6.07, 6.45) is 0. The molecule has 0 saturated heterocycles. The van der Waals surface area contributed by atoms with Crippen LogP contribution in [0.25, 0.3) is 0 Å². The van der Waals surface area contributed by atoms with Crippen LogP contribution in [-0.2, 0) is 9.59 Å². The van der Waals surface area contributed by atoms with Crippen molar-refractivity contribution in [3.8, 4) is 0 Å². The van der Waals surface area contributed by atoms with Crippen LogP contribution >= 0.6 is 0 Å². The molecule has 0 saturated carbocycles. The van der Waals surface area contributed by atoms with Gasteiger partial charge in [-0.05, 0) is 50.2 Å². The summed E-state index contributed by atoms with van der Waals surface area (Å²) in [5.41, 5.74) is 7.12. The lowest BCUT2D eigenvalue weighted by atomic mass is 10.1. The Labute approximate surface area is 152 Å². The maximum atomic E-state index is 12.1. The molecule has 2 rings (SSSR count). The van der Waals surface area contributed by atoms with Crippen LogP contribution in [0.3, 0.4) is 0 Å². The minimum absolute atomic E-state index is 0.136. The van der Waals surface area contributed by atoms with Gasteiger partial charge in [-0.15, -0.1) is 0 Å². The predicted molar refractivity (Wildman–Crippen MR) is 102 cm³/mol. The van der Waals surface area contributed by atoms with Crippen molar-refractivity contribution in [2.75, 3.05) is 28.6 Å². The van der Waals surface area contributed by atoms with E-state index in [1.807, 2.05) is 12.1 Å². The van der Waals surface area contributed by atoms with Crippen LogP contribution in [0.5, 0.6) is 0 Å². The molecule has 0 unspecified atom stereocenters. The maximum absolute atomic E-state index is 12.1. The average molecular weight is 354 g/mol. The first-order valence-electron chi connectivity index (χ1n) is 8.32. The van der Waals surface area contributed by atoms with Crippen molar-refractivity contribution in [2.24, 2.45) is 5.73 Å². The third-order valence-corrected chi connectivity index (χ3v) is 3.90. The molecule has 0 spiro atoms. The molecule has 2 aromatic rings. The fourth-order valence-electron chi connectivity index (χ4n) is 2.52. The predicted octanol–water partition coefficient (Wildman–Crippen LogP) is 2.21. The van der Waals surface area contributed by atoms with E-state index >= 15 is 0 Å². The van der Waals surface area contributed by atoms with Gasteiger partial charge in [-0.3, -0.25) is 14.4 Å². The molecule has 7 nitrogen and oxygen atoms in total. The van der Waals surface area contributed by atoms with Gasteiger partial charge in [0.15, 0.2) is 0 Å².